The van der Waals surface area contributed by atoms with Crippen molar-refractivity contribution in [3.63, 3.8) is 0 Å². The topological polar surface area (TPSA) is 82.8 Å². The van der Waals surface area contributed by atoms with Gasteiger partial charge in [-0.05, 0) is 39.3 Å². The van der Waals surface area contributed by atoms with E-state index in [1.54, 1.807) is 33.8 Å². The normalized spacial score (nSPS) is 17.3. The maximum absolute atomic E-state index is 13.2. The van der Waals surface area contributed by atoms with Gasteiger partial charge >= 0.3 is 6.03 Å². The van der Waals surface area contributed by atoms with Crippen LogP contribution >= 0.6 is 0 Å². The molecule has 1 atom stereocenters. The monoisotopic (exact) mass is 385 g/mol. The standard InChI is InChI=1S/C20H27N5O3/c1-4-23(5-2)20(27)24-12-9-13-25(19(26)16-10-7-6-8-11-16)17(14-24)18-21-15(3)22-28-18/h6-8,10-11,17H,4-5,9,12-14H2,1-3H3. The molecule has 2 aromatic rings. The molecule has 1 fully saturated rings. The van der Waals surface area contributed by atoms with Crippen LogP contribution in [0.2, 0.25) is 0 Å². The predicted molar refractivity (Wildman–Crippen MR) is 104 cm³/mol. The van der Waals surface area contributed by atoms with Crippen LogP contribution in [-0.4, -0.2) is 69.5 Å². The Morgan fingerprint density at radius 3 is 2.50 bits per heavy atom. The molecule has 8 nitrogen and oxygen atoms in total. The summed E-state index contributed by atoms with van der Waals surface area (Å²) in [6, 6.07) is 8.64. The van der Waals surface area contributed by atoms with Crippen molar-refractivity contribution in [1.29, 1.82) is 0 Å². The van der Waals surface area contributed by atoms with Gasteiger partial charge in [0.05, 0.1) is 6.54 Å². The second-order valence-electron chi connectivity index (χ2n) is 6.81. The Balaban J connectivity index is 1.91. The average Bonchev–Trinajstić information content (AvgIpc) is 3.03. The molecule has 0 spiro atoms. The lowest BCUT2D eigenvalue weighted by atomic mass is 10.1. The molecule has 3 rings (SSSR count). The van der Waals surface area contributed by atoms with Gasteiger partial charge in [0.2, 0.25) is 0 Å². The van der Waals surface area contributed by atoms with Crippen molar-refractivity contribution in [3.8, 4) is 0 Å². The number of nitrogens with zero attached hydrogens (tertiary/aromatic N) is 5. The van der Waals surface area contributed by atoms with E-state index in [0.717, 1.165) is 0 Å². The van der Waals surface area contributed by atoms with Gasteiger partial charge in [0.1, 0.15) is 6.04 Å². The van der Waals surface area contributed by atoms with Crippen LogP contribution in [0.5, 0.6) is 0 Å². The number of aromatic nitrogens is 2. The first-order valence-corrected chi connectivity index (χ1v) is 9.75. The molecule has 1 aromatic heterocycles. The minimum atomic E-state index is -0.476. The highest BCUT2D eigenvalue weighted by molar-refractivity contribution is 5.94. The highest BCUT2D eigenvalue weighted by Crippen LogP contribution is 2.26. The molecule has 1 aliphatic heterocycles. The highest BCUT2D eigenvalue weighted by atomic mass is 16.5. The maximum Gasteiger partial charge on any atom is 0.320 e. The van der Waals surface area contributed by atoms with E-state index in [0.29, 0.717) is 56.4 Å². The van der Waals surface area contributed by atoms with E-state index in [1.165, 1.54) is 0 Å². The molecule has 2 heterocycles. The second kappa shape index (κ2) is 8.86. The molecule has 0 N–H and O–H groups in total. The molecule has 1 saturated heterocycles. The summed E-state index contributed by atoms with van der Waals surface area (Å²) >= 11 is 0. The number of carbonyl (C=O) groups is 2. The molecule has 0 bridgehead atoms. The fourth-order valence-electron chi connectivity index (χ4n) is 3.50. The van der Waals surface area contributed by atoms with Crippen molar-refractivity contribution in [2.75, 3.05) is 32.7 Å². The predicted octanol–water partition coefficient (Wildman–Crippen LogP) is 2.73. The van der Waals surface area contributed by atoms with Crippen LogP contribution in [-0.2, 0) is 0 Å². The van der Waals surface area contributed by atoms with Gasteiger partial charge in [-0.3, -0.25) is 4.79 Å². The Morgan fingerprint density at radius 1 is 1.18 bits per heavy atom. The van der Waals surface area contributed by atoms with Crippen molar-refractivity contribution in [1.82, 2.24) is 24.8 Å². The van der Waals surface area contributed by atoms with Crippen LogP contribution in [0.4, 0.5) is 4.79 Å². The first-order chi connectivity index (χ1) is 13.5. The van der Waals surface area contributed by atoms with Gasteiger partial charge in [0, 0.05) is 31.7 Å². The van der Waals surface area contributed by atoms with Crippen LogP contribution < -0.4 is 0 Å². The Kier molecular flexibility index (Phi) is 6.28. The van der Waals surface area contributed by atoms with E-state index in [-0.39, 0.29) is 11.9 Å². The Bertz CT molecular complexity index is 803. The molecule has 1 aromatic carbocycles. The lowest BCUT2D eigenvalue weighted by Gasteiger charge is -2.31. The smallest absolute Gasteiger partial charge is 0.320 e. The summed E-state index contributed by atoms with van der Waals surface area (Å²) < 4.78 is 5.41. The molecule has 28 heavy (non-hydrogen) atoms. The van der Waals surface area contributed by atoms with E-state index in [4.69, 9.17) is 4.52 Å². The third-order valence-corrected chi connectivity index (χ3v) is 5.01. The summed E-state index contributed by atoms with van der Waals surface area (Å²) in [5.74, 6) is 0.771. The van der Waals surface area contributed by atoms with Crippen molar-refractivity contribution in [2.45, 2.75) is 33.2 Å². The highest BCUT2D eigenvalue weighted by Gasteiger charge is 2.36. The number of hydrogen-bond acceptors (Lipinski definition) is 5. The number of rotatable bonds is 4. The van der Waals surface area contributed by atoms with Crippen LogP contribution in [0.1, 0.15) is 48.4 Å². The zero-order valence-corrected chi connectivity index (χ0v) is 16.7. The zero-order chi connectivity index (χ0) is 20.1. The SMILES string of the molecule is CCN(CC)C(=O)N1CCCN(C(=O)c2ccccc2)C(c2nc(C)no2)C1. The molecule has 0 saturated carbocycles. The molecular weight excluding hydrogens is 358 g/mol. The summed E-state index contributed by atoms with van der Waals surface area (Å²) in [6.07, 6.45) is 0.690. The lowest BCUT2D eigenvalue weighted by molar-refractivity contribution is 0.0634. The zero-order valence-electron chi connectivity index (χ0n) is 16.7. The van der Waals surface area contributed by atoms with E-state index in [1.807, 2.05) is 32.0 Å². The third-order valence-electron chi connectivity index (χ3n) is 5.01. The van der Waals surface area contributed by atoms with Gasteiger partial charge in [-0.25, -0.2) is 4.79 Å². The summed E-state index contributed by atoms with van der Waals surface area (Å²) in [4.78, 5) is 35.8. The van der Waals surface area contributed by atoms with Crippen LogP contribution in [0.15, 0.2) is 34.9 Å². The molecule has 0 aliphatic carbocycles. The summed E-state index contributed by atoms with van der Waals surface area (Å²) in [5.41, 5.74) is 0.604. The maximum atomic E-state index is 13.2. The van der Waals surface area contributed by atoms with Crippen molar-refractivity contribution in [2.24, 2.45) is 0 Å². The minimum Gasteiger partial charge on any atom is -0.337 e. The second-order valence-corrected chi connectivity index (χ2v) is 6.81. The van der Waals surface area contributed by atoms with E-state index >= 15 is 0 Å². The van der Waals surface area contributed by atoms with Gasteiger partial charge < -0.3 is 19.2 Å². The summed E-state index contributed by atoms with van der Waals surface area (Å²) in [6.45, 7) is 8.37. The van der Waals surface area contributed by atoms with Crippen molar-refractivity contribution < 1.29 is 14.1 Å². The van der Waals surface area contributed by atoms with Crippen LogP contribution in [0, 0.1) is 6.92 Å². The average molecular weight is 385 g/mol. The molecule has 1 aliphatic rings. The molecule has 150 valence electrons. The number of urea groups is 1. The lowest BCUT2D eigenvalue weighted by Crippen LogP contribution is -2.46. The van der Waals surface area contributed by atoms with Gasteiger partial charge in [-0.1, -0.05) is 23.4 Å². The quantitative estimate of drug-likeness (QED) is 0.808. The Hall–Kier alpha value is -2.90. The van der Waals surface area contributed by atoms with Crippen molar-refractivity contribution in [3.05, 3.63) is 47.6 Å². The van der Waals surface area contributed by atoms with Crippen LogP contribution in [0.3, 0.4) is 0 Å². The minimum absolute atomic E-state index is 0.0275. The Labute approximate surface area is 165 Å². The Morgan fingerprint density at radius 2 is 1.89 bits per heavy atom. The number of amides is 3. The summed E-state index contributed by atoms with van der Waals surface area (Å²) in [5, 5.41) is 3.89. The fraction of sp³-hybridized carbons (Fsp3) is 0.500. The van der Waals surface area contributed by atoms with Gasteiger partial charge in [-0.15, -0.1) is 0 Å². The third kappa shape index (κ3) is 4.16. The fourth-order valence-corrected chi connectivity index (χ4v) is 3.50. The molecule has 0 radical (unpaired) electrons. The molecule has 8 heteroatoms. The van der Waals surface area contributed by atoms with E-state index in [2.05, 4.69) is 10.1 Å². The number of benzene rings is 1. The van der Waals surface area contributed by atoms with E-state index in [9.17, 15) is 9.59 Å². The summed E-state index contributed by atoms with van der Waals surface area (Å²) in [7, 11) is 0. The number of aryl methyl sites for hydroxylation is 1. The van der Waals surface area contributed by atoms with Crippen molar-refractivity contribution >= 4 is 11.9 Å². The van der Waals surface area contributed by atoms with Gasteiger partial charge in [0.15, 0.2) is 5.82 Å². The largest absolute Gasteiger partial charge is 0.337 e. The van der Waals surface area contributed by atoms with Gasteiger partial charge in [0.25, 0.3) is 11.8 Å². The number of hydrogen-bond donors (Lipinski definition) is 0. The van der Waals surface area contributed by atoms with Gasteiger partial charge in [-0.2, -0.15) is 4.98 Å². The molecule has 1 unspecified atom stereocenters. The van der Waals surface area contributed by atoms with Crippen LogP contribution in [0.25, 0.3) is 0 Å². The first-order valence-electron chi connectivity index (χ1n) is 9.75. The molecular formula is C20H27N5O3. The van der Waals surface area contributed by atoms with E-state index < -0.39 is 6.04 Å². The number of carbonyl (C=O) groups excluding carboxylic acids is 2. The first kappa shape index (κ1) is 19.9. The molecule has 3 amide bonds.